The SMILES string of the molecule is CCCOCCn1cnc(C(N)=NO)n1. The molecule has 0 radical (unpaired) electrons. The average molecular weight is 213 g/mol. The van der Waals surface area contributed by atoms with Gasteiger partial charge in [0.2, 0.25) is 11.7 Å². The molecule has 0 aromatic carbocycles. The number of oxime groups is 1. The summed E-state index contributed by atoms with van der Waals surface area (Å²) in [4.78, 5) is 3.87. The van der Waals surface area contributed by atoms with Crippen molar-refractivity contribution in [2.24, 2.45) is 10.9 Å². The van der Waals surface area contributed by atoms with Crippen LogP contribution in [-0.4, -0.2) is 39.0 Å². The molecular formula is C8H15N5O2. The van der Waals surface area contributed by atoms with E-state index in [2.05, 4.69) is 15.2 Å². The second-order valence-corrected chi connectivity index (χ2v) is 2.93. The second-order valence-electron chi connectivity index (χ2n) is 2.93. The van der Waals surface area contributed by atoms with Gasteiger partial charge in [-0.05, 0) is 6.42 Å². The largest absolute Gasteiger partial charge is 0.409 e. The zero-order valence-electron chi connectivity index (χ0n) is 8.63. The summed E-state index contributed by atoms with van der Waals surface area (Å²) in [5.74, 6) is 0.121. The smallest absolute Gasteiger partial charge is 0.219 e. The number of rotatable bonds is 6. The van der Waals surface area contributed by atoms with Crippen molar-refractivity contribution in [3.8, 4) is 0 Å². The van der Waals surface area contributed by atoms with E-state index in [4.69, 9.17) is 15.7 Å². The van der Waals surface area contributed by atoms with Crippen LogP contribution in [-0.2, 0) is 11.3 Å². The zero-order chi connectivity index (χ0) is 11.1. The van der Waals surface area contributed by atoms with E-state index in [9.17, 15) is 0 Å². The molecule has 0 unspecified atom stereocenters. The Balaban J connectivity index is 2.40. The number of amidine groups is 1. The molecule has 3 N–H and O–H groups in total. The summed E-state index contributed by atoms with van der Waals surface area (Å²) in [7, 11) is 0. The topological polar surface area (TPSA) is 98.6 Å². The fourth-order valence-corrected chi connectivity index (χ4v) is 0.969. The van der Waals surface area contributed by atoms with Crippen molar-refractivity contribution in [1.82, 2.24) is 14.8 Å². The van der Waals surface area contributed by atoms with Crippen LogP contribution >= 0.6 is 0 Å². The summed E-state index contributed by atoms with van der Waals surface area (Å²) in [5, 5.41) is 15.2. The lowest BCUT2D eigenvalue weighted by molar-refractivity contribution is 0.124. The highest BCUT2D eigenvalue weighted by Gasteiger charge is 2.04. The first-order valence-electron chi connectivity index (χ1n) is 4.73. The lowest BCUT2D eigenvalue weighted by Crippen LogP contribution is -2.16. The molecular weight excluding hydrogens is 198 g/mol. The van der Waals surface area contributed by atoms with E-state index in [-0.39, 0.29) is 11.7 Å². The van der Waals surface area contributed by atoms with Gasteiger partial charge in [-0.15, -0.1) is 5.10 Å². The van der Waals surface area contributed by atoms with Crippen LogP contribution in [0.1, 0.15) is 19.2 Å². The molecule has 7 nitrogen and oxygen atoms in total. The first kappa shape index (κ1) is 11.4. The average Bonchev–Trinajstić information content (AvgIpc) is 2.72. The molecule has 0 fully saturated rings. The van der Waals surface area contributed by atoms with Gasteiger partial charge in [-0.2, -0.15) is 0 Å². The molecule has 0 saturated carbocycles. The Bertz CT molecular complexity index is 323. The van der Waals surface area contributed by atoms with Gasteiger partial charge in [-0.1, -0.05) is 12.1 Å². The van der Waals surface area contributed by atoms with Gasteiger partial charge in [0.05, 0.1) is 13.2 Å². The van der Waals surface area contributed by atoms with Gasteiger partial charge in [0.15, 0.2) is 0 Å². The van der Waals surface area contributed by atoms with Gasteiger partial charge in [-0.25, -0.2) is 9.67 Å². The van der Waals surface area contributed by atoms with Crippen LogP contribution < -0.4 is 5.73 Å². The van der Waals surface area contributed by atoms with Crippen LogP contribution in [0.25, 0.3) is 0 Å². The molecule has 0 aliphatic rings. The molecule has 0 amide bonds. The molecule has 15 heavy (non-hydrogen) atoms. The quantitative estimate of drug-likeness (QED) is 0.224. The number of aromatic nitrogens is 3. The van der Waals surface area contributed by atoms with Crippen LogP contribution in [0.2, 0.25) is 0 Å². The third-order valence-electron chi connectivity index (χ3n) is 1.69. The summed E-state index contributed by atoms with van der Waals surface area (Å²) in [6.45, 7) is 3.96. The van der Waals surface area contributed by atoms with Crippen molar-refractivity contribution in [2.75, 3.05) is 13.2 Å². The Hall–Kier alpha value is -1.63. The van der Waals surface area contributed by atoms with E-state index < -0.39 is 0 Å². The maximum atomic E-state index is 8.39. The van der Waals surface area contributed by atoms with E-state index in [0.717, 1.165) is 13.0 Å². The van der Waals surface area contributed by atoms with E-state index >= 15 is 0 Å². The standard InChI is InChI=1S/C8H15N5O2/c1-2-4-15-5-3-13-6-10-8(11-13)7(9)12-14/h6,14H,2-5H2,1H3,(H2,9,12). The van der Waals surface area contributed by atoms with Crippen molar-refractivity contribution in [3.63, 3.8) is 0 Å². The molecule has 7 heteroatoms. The number of nitrogens with two attached hydrogens (primary N) is 1. The Morgan fingerprint density at radius 1 is 1.67 bits per heavy atom. The predicted molar refractivity (Wildman–Crippen MR) is 53.6 cm³/mol. The minimum Gasteiger partial charge on any atom is -0.409 e. The number of ether oxygens (including phenoxy) is 1. The van der Waals surface area contributed by atoms with E-state index in [1.165, 1.54) is 6.33 Å². The minimum atomic E-state index is -0.0942. The Morgan fingerprint density at radius 3 is 3.13 bits per heavy atom. The Labute approximate surface area is 87.5 Å². The van der Waals surface area contributed by atoms with Gasteiger partial charge in [0.25, 0.3) is 0 Å². The number of hydrogen-bond donors (Lipinski definition) is 2. The molecule has 0 bridgehead atoms. The highest BCUT2D eigenvalue weighted by Crippen LogP contribution is 1.90. The maximum absolute atomic E-state index is 8.39. The molecule has 0 spiro atoms. The van der Waals surface area contributed by atoms with Gasteiger partial charge in [0, 0.05) is 6.61 Å². The van der Waals surface area contributed by atoms with Crippen molar-refractivity contribution in [1.29, 1.82) is 0 Å². The molecule has 84 valence electrons. The molecule has 1 rings (SSSR count). The molecule has 1 aromatic rings. The highest BCUT2D eigenvalue weighted by atomic mass is 16.5. The Morgan fingerprint density at radius 2 is 2.47 bits per heavy atom. The molecule has 0 aliphatic carbocycles. The van der Waals surface area contributed by atoms with Crippen molar-refractivity contribution < 1.29 is 9.94 Å². The fraction of sp³-hybridized carbons (Fsp3) is 0.625. The molecule has 1 aromatic heterocycles. The van der Waals surface area contributed by atoms with E-state index in [1.807, 2.05) is 6.92 Å². The van der Waals surface area contributed by atoms with Gasteiger partial charge >= 0.3 is 0 Å². The van der Waals surface area contributed by atoms with Gasteiger partial charge in [0.1, 0.15) is 6.33 Å². The Kier molecular flexibility index (Phi) is 4.55. The molecule has 0 atom stereocenters. The number of hydrogen-bond acceptors (Lipinski definition) is 5. The predicted octanol–water partition coefficient (Wildman–Crippen LogP) is -0.201. The van der Waals surface area contributed by atoms with Crippen LogP contribution in [0.5, 0.6) is 0 Å². The third kappa shape index (κ3) is 3.55. The van der Waals surface area contributed by atoms with Crippen LogP contribution in [0.3, 0.4) is 0 Å². The molecule has 0 aliphatic heterocycles. The van der Waals surface area contributed by atoms with Crippen LogP contribution in [0, 0.1) is 0 Å². The van der Waals surface area contributed by atoms with Crippen LogP contribution in [0.15, 0.2) is 11.5 Å². The van der Waals surface area contributed by atoms with Gasteiger partial charge in [-0.3, -0.25) is 0 Å². The molecule has 0 saturated heterocycles. The summed E-state index contributed by atoms with van der Waals surface area (Å²) in [6.07, 6.45) is 2.51. The monoisotopic (exact) mass is 213 g/mol. The third-order valence-corrected chi connectivity index (χ3v) is 1.69. The van der Waals surface area contributed by atoms with Crippen molar-refractivity contribution in [3.05, 3.63) is 12.2 Å². The summed E-state index contributed by atoms with van der Waals surface area (Å²) in [5.41, 5.74) is 5.31. The summed E-state index contributed by atoms with van der Waals surface area (Å²) < 4.78 is 6.87. The minimum absolute atomic E-state index is 0.0942. The summed E-state index contributed by atoms with van der Waals surface area (Å²) in [6, 6.07) is 0. The lowest BCUT2D eigenvalue weighted by Gasteiger charge is -2.01. The summed E-state index contributed by atoms with van der Waals surface area (Å²) >= 11 is 0. The first-order chi connectivity index (χ1) is 7.27. The van der Waals surface area contributed by atoms with E-state index in [1.54, 1.807) is 4.68 Å². The fourth-order valence-electron chi connectivity index (χ4n) is 0.969. The number of nitrogens with zero attached hydrogens (tertiary/aromatic N) is 4. The maximum Gasteiger partial charge on any atom is 0.219 e. The van der Waals surface area contributed by atoms with Gasteiger partial charge < -0.3 is 15.7 Å². The molecule has 1 heterocycles. The van der Waals surface area contributed by atoms with Crippen molar-refractivity contribution >= 4 is 5.84 Å². The van der Waals surface area contributed by atoms with Crippen molar-refractivity contribution in [2.45, 2.75) is 19.9 Å². The van der Waals surface area contributed by atoms with Crippen LogP contribution in [0.4, 0.5) is 0 Å². The second kappa shape index (κ2) is 5.97. The highest BCUT2D eigenvalue weighted by molar-refractivity contribution is 5.93. The lowest BCUT2D eigenvalue weighted by atomic mass is 10.5. The van der Waals surface area contributed by atoms with E-state index in [0.29, 0.717) is 13.2 Å². The zero-order valence-corrected chi connectivity index (χ0v) is 8.63. The normalized spacial score (nSPS) is 11.9. The first-order valence-corrected chi connectivity index (χ1v) is 4.73.